The summed E-state index contributed by atoms with van der Waals surface area (Å²) in [5.74, 6) is 0.592. The first-order valence-corrected chi connectivity index (χ1v) is 12.0. The van der Waals surface area contributed by atoms with Crippen molar-refractivity contribution in [1.29, 1.82) is 0 Å². The van der Waals surface area contributed by atoms with Gasteiger partial charge in [0.25, 0.3) is 5.91 Å². The van der Waals surface area contributed by atoms with Crippen molar-refractivity contribution in [3.63, 3.8) is 0 Å². The number of nitrogens with zero attached hydrogens (tertiary/aromatic N) is 2. The highest BCUT2D eigenvalue weighted by Crippen LogP contribution is 2.49. The number of hydrogen-bond acceptors (Lipinski definition) is 4. The zero-order valence-corrected chi connectivity index (χ0v) is 19.2. The Morgan fingerprint density at radius 1 is 1.24 bits per heavy atom. The molecule has 2 aromatic heterocycles. The Kier molecular flexibility index (Phi) is 4.69. The Balaban J connectivity index is 1.35. The average molecular weight is 468 g/mol. The molecule has 3 aromatic rings. The smallest absolute Gasteiger partial charge is 0.319 e. The van der Waals surface area contributed by atoms with Gasteiger partial charge in [-0.15, -0.1) is 0 Å². The highest BCUT2D eigenvalue weighted by Gasteiger charge is 2.44. The van der Waals surface area contributed by atoms with Gasteiger partial charge in [-0.05, 0) is 43.9 Å². The molecule has 0 radical (unpaired) electrons. The summed E-state index contributed by atoms with van der Waals surface area (Å²) in [6.07, 6.45) is 7.15. The fourth-order valence-electron chi connectivity index (χ4n) is 5.35. The van der Waals surface area contributed by atoms with Crippen LogP contribution in [0.1, 0.15) is 78.4 Å². The standard InChI is InChI=1S/C24H26ClN5O3/c1-30(12-15-11-17(29-28-15)13-5-6-13)22(31)18-10-14-9-16(25)20-19(21(14)33-18)24(27-23(32)26-20)7-3-2-4-8-24/h9-11,13H,2-8,12H2,1H3,(H,28,29)(H2,26,27,32). The lowest BCUT2D eigenvalue weighted by Crippen LogP contribution is -2.52. The lowest BCUT2D eigenvalue weighted by molar-refractivity contribution is 0.0753. The lowest BCUT2D eigenvalue weighted by Gasteiger charge is -2.42. The second-order valence-corrected chi connectivity index (χ2v) is 10.0. The number of urea groups is 1. The zero-order valence-electron chi connectivity index (χ0n) is 18.5. The van der Waals surface area contributed by atoms with Crippen molar-refractivity contribution in [3.05, 3.63) is 45.9 Å². The molecule has 1 aromatic carbocycles. The number of carbonyl (C=O) groups excluding carboxylic acids is 2. The zero-order chi connectivity index (χ0) is 22.7. The molecule has 8 nitrogen and oxygen atoms in total. The van der Waals surface area contributed by atoms with Crippen LogP contribution >= 0.6 is 11.6 Å². The molecular formula is C24H26ClN5O3. The van der Waals surface area contributed by atoms with Crippen molar-refractivity contribution in [2.75, 3.05) is 12.4 Å². The van der Waals surface area contributed by atoms with Gasteiger partial charge in [-0.2, -0.15) is 5.10 Å². The molecule has 3 N–H and O–H groups in total. The number of benzene rings is 1. The largest absolute Gasteiger partial charge is 0.450 e. The van der Waals surface area contributed by atoms with E-state index in [-0.39, 0.29) is 17.7 Å². The highest BCUT2D eigenvalue weighted by atomic mass is 35.5. The summed E-state index contributed by atoms with van der Waals surface area (Å²) in [5.41, 5.74) is 3.49. The third-order valence-electron chi connectivity index (χ3n) is 7.15. The first kappa shape index (κ1) is 20.6. The number of carbonyl (C=O) groups is 2. The van der Waals surface area contributed by atoms with Gasteiger partial charge in [0.15, 0.2) is 5.76 Å². The number of amides is 3. The number of halogens is 1. The van der Waals surface area contributed by atoms with Crippen LogP contribution in [0.15, 0.2) is 22.6 Å². The summed E-state index contributed by atoms with van der Waals surface area (Å²) in [4.78, 5) is 27.3. The molecule has 172 valence electrons. The summed E-state index contributed by atoms with van der Waals surface area (Å²) in [7, 11) is 1.75. The number of furan rings is 1. The summed E-state index contributed by atoms with van der Waals surface area (Å²) < 4.78 is 6.19. The SMILES string of the molecule is CN(Cc1cc(C2CC2)n[nH]1)C(=O)c1cc2cc(Cl)c3c(c2o1)C1(CCCCC1)NC(=O)N3. The van der Waals surface area contributed by atoms with Crippen molar-refractivity contribution in [2.24, 2.45) is 0 Å². The van der Waals surface area contributed by atoms with Crippen LogP contribution in [-0.2, 0) is 12.1 Å². The quantitative estimate of drug-likeness (QED) is 0.487. The highest BCUT2D eigenvalue weighted by molar-refractivity contribution is 6.35. The Hall–Kier alpha value is -3.00. The van der Waals surface area contributed by atoms with Crippen molar-refractivity contribution in [2.45, 2.75) is 62.9 Å². The van der Waals surface area contributed by atoms with E-state index < -0.39 is 5.54 Å². The minimum Gasteiger partial charge on any atom is -0.450 e. The Morgan fingerprint density at radius 2 is 2.03 bits per heavy atom. The minimum absolute atomic E-state index is 0.218. The lowest BCUT2D eigenvalue weighted by atomic mass is 9.74. The van der Waals surface area contributed by atoms with Gasteiger partial charge >= 0.3 is 6.03 Å². The monoisotopic (exact) mass is 467 g/mol. The molecule has 0 atom stereocenters. The number of aromatic amines is 1. The van der Waals surface area contributed by atoms with Crippen molar-refractivity contribution >= 4 is 40.2 Å². The molecule has 33 heavy (non-hydrogen) atoms. The van der Waals surface area contributed by atoms with Gasteiger partial charge in [-0.1, -0.05) is 30.9 Å². The fraction of sp³-hybridized carbons (Fsp3) is 0.458. The van der Waals surface area contributed by atoms with E-state index in [1.165, 1.54) is 12.8 Å². The van der Waals surface area contributed by atoms with E-state index in [1.807, 2.05) is 6.07 Å². The van der Waals surface area contributed by atoms with Gasteiger partial charge < -0.3 is 20.0 Å². The third-order valence-corrected chi connectivity index (χ3v) is 7.45. The molecule has 9 heteroatoms. The summed E-state index contributed by atoms with van der Waals surface area (Å²) in [6, 6.07) is 5.29. The number of rotatable bonds is 4. The summed E-state index contributed by atoms with van der Waals surface area (Å²) >= 11 is 6.59. The molecule has 0 saturated heterocycles. The Labute approximate surface area is 196 Å². The molecule has 3 amide bonds. The molecule has 0 bridgehead atoms. The minimum atomic E-state index is -0.529. The maximum Gasteiger partial charge on any atom is 0.319 e. The second-order valence-electron chi connectivity index (χ2n) is 9.61. The van der Waals surface area contributed by atoms with E-state index in [0.29, 0.717) is 28.8 Å². The summed E-state index contributed by atoms with van der Waals surface area (Å²) in [6.45, 7) is 0.413. The summed E-state index contributed by atoms with van der Waals surface area (Å²) in [5, 5.41) is 14.6. The number of nitrogens with one attached hydrogen (secondary N) is 3. The molecule has 6 rings (SSSR count). The number of hydrogen-bond donors (Lipinski definition) is 3. The molecule has 2 saturated carbocycles. The number of aromatic nitrogens is 2. The maximum atomic E-state index is 13.2. The first-order chi connectivity index (χ1) is 15.9. The Bertz CT molecular complexity index is 1270. The van der Waals surface area contributed by atoms with E-state index in [9.17, 15) is 9.59 Å². The van der Waals surface area contributed by atoms with Crippen LogP contribution in [-0.4, -0.2) is 34.1 Å². The first-order valence-electron chi connectivity index (χ1n) is 11.6. The molecule has 3 aliphatic rings. The average Bonchev–Trinajstić information content (AvgIpc) is 3.40. The van der Waals surface area contributed by atoms with Gasteiger partial charge in [0, 0.05) is 23.9 Å². The number of fused-ring (bicyclic) bond motifs is 4. The van der Waals surface area contributed by atoms with Crippen LogP contribution in [0.25, 0.3) is 11.0 Å². The van der Waals surface area contributed by atoms with Crippen LogP contribution in [0.5, 0.6) is 0 Å². The van der Waals surface area contributed by atoms with E-state index in [0.717, 1.165) is 54.4 Å². The van der Waals surface area contributed by atoms with E-state index >= 15 is 0 Å². The van der Waals surface area contributed by atoms with Crippen LogP contribution in [0, 0.1) is 0 Å². The van der Waals surface area contributed by atoms with Gasteiger partial charge in [-0.3, -0.25) is 9.89 Å². The van der Waals surface area contributed by atoms with E-state index in [4.69, 9.17) is 16.0 Å². The number of anilines is 1. The number of H-pyrrole nitrogens is 1. The molecule has 2 aliphatic carbocycles. The van der Waals surface area contributed by atoms with Crippen LogP contribution in [0.4, 0.5) is 10.5 Å². The van der Waals surface area contributed by atoms with Crippen LogP contribution < -0.4 is 10.6 Å². The van der Waals surface area contributed by atoms with E-state index in [2.05, 4.69) is 20.8 Å². The third kappa shape index (κ3) is 3.47. The molecule has 0 unspecified atom stereocenters. The fourth-order valence-corrected chi connectivity index (χ4v) is 5.61. The van der Waals surface area contributed by atoms with Crippen LogP contribution in [0.2, 0.25) is 5.02 Å². The normalized spacial score (nSPS) is 19.3. The molecule has 2 fully saturated rings. The van der Waals surface area contributed by atoms with Crippen molar-refractivity contribution < 1.29 is 14.0 Å². The predicted molar refractivity (Wildman–Crippen MR) is 125 cm³/mol. The molecule has 1 aliphatic heterocycles. The predicted octanol–water partition coefficient (Wildman–Crippen LogP) is 5.25. The van der Waals surface area contributed by atoms with Crippen molar-refractivity contribution in [3.8, 4) is 0 Å². The maximum absolute atomic E-state index is 13.2. The molecule has 1 spiro atoms. The van der Waals surface area contributed by atoms with Gasteiger partial charge in [0.05, 0.1) is 34.2 Å². The van der Waals surface area contributed by atoms with Crippen molar-refractivity contribution in [1.82, 2.24) is 20.4 Å². The Morgan fingerprint density at radius 3 is 2.79 bits per heavy atom. The van der Waals surface area contributed by atoms with Gasteiger partial charge in [0.1, 0.15) is 5.58 Å². The molecule has 3 heterocycles. The van der Waals surface area contributed by atoms with Gasteiger partial charge in [0.2, 0.25) is 0 Å². The van der Waals surface area contributed by atoms with Crippen LogP contribution in [0.3, 0.4) is 0 Å². The van der Waals surface area contributed by atoms with Gasteiger partial charge in [-0.25, -0.2) is 4.79 Å². The molecular weight excluding hydrogens is 442 g/mol. The van der Waals surface area contributed by atoms with E-state index in [1.54, 1.807) is 24.1 Å². The topological polar surface area (TPSA) is 103 Å². The second kappa shape index (κ2) is 7.52.